The Morgan fingerprint density at radius 3 is 2.17 bits per heavy atom. The lowest BCUT2D eigenvalue weighted by Crippen LogP contribution is -2.36. The molecule has 0 heterocycles. The van der Waals surface area contributed by atoms with Crippen LogP contribution in [0.15, 0.2) is 53.5 Å². The summed E-state index contributed by atoms with van der Waals surface area (Å²) in [7, 11) is 3.34. The first-order chi connectivity index (χ1) is 11.7. The van der Waals surface area contributed by atoms with Crippen molar-refractivity contribution in [2.24, 2.45) is 4.99 Å². The third-order valence-corrected chi connectivity index (χ3v) is 3.49. The molecule has 0 atom stereocenters. The smallest absolute Gasteiger partial charge is 0.191 e. The zero-order chi connectivity index (χ0) is 17.2. The molecule has 2 aromatic carbocycles. The van der Waals surface area contributed by atoms with E-state index in [9.17, 15) is 0 Å². The van der Waals surface area contributed by atoms with Crippen molar-refractivity contribution in [3.05, 3.63) is 59.7 Å². The molecule has 0 saturated carbocycles. The highest BCUT2D eigenvalue weighted by molar-refractivity contribution is 5.79. The number of methoxy groups -OCH3 is 2. The molecule has 128 valence electrons. The van der Waals surface area contributed by atoms with E-state index in [0.717, 1.165) is 35.1 Å². The second kappa shape index (κ2) is 9.45. The first-order valence-electron chi connectivity index (χ1n) is 8.03. The minimum atomic E-state index is 0.588. The molecule has 2 rings (SSSR count). The summed E-state index contributed by atoms with van der Waals surface area (Å²) in [6.45, 7) is 4.13. The Morgan fingerprint density at radius 1 is 0.917 bits per heavy atom. The molecule has 0 bridgehead atoms. The van der Waals surface area contributed by atoms with E-state index in [1.165, 1.54) is 0 Å². The van der Waals surface area contributed by atoms with Crippen LogP contribution in [0.25, 0.3) is 0 Å². The number of benzene rings is 2. The van der Waals surface area contributed by atoms with Crippen LogP contribution in [0.3, 0.4) is 0 Å². The molecule has 0 unspecified atom stereocenters. The Balaban J connectivity index is 1.99. The molecule has 0 amide bonds. The standard InChI is InChI=1S/C19H25N3O2/c1-4-20-19(21-13-15-7-5-9-17(11-15)23-2)22-14-16-8-6-10-18(12-16)24-3/h5-12H,4,13-14H2,1-3H3,(H2,20,21,22). The normalized spacial score (nSPS) is 11.0. The molecule has 0 aliphatic carbocycles. The van der Waals surface area contributed by atoms with Crippen molar-refractivity contribution < 1.29 is 9.47 Å². The van der Waals surface area contributed by atoms with Crippen molar-refractivity contribution in [1.29, 1.82) is 0 Å². The van der Waals surface area contributed by atoms with E-state index in [4.69, 9.17) is 9.47 Å². The maximum absolute atomic E-state index is 5.25. The first kappa shape index (κ1) is 17.7. The summed E-state index contributed by atoms with van der Waals surface area (Å²) in [4.78, 5) is 4.62. The summed E-state index contributed by atoms with van der Waals surface area (Å²) in [5.41, 5.74) is 2.24. The Labute approximate surface area is 143 Å². The summed E-state index contributed by atoms with van der Waals surface area (Å²) < 4.78 is 10.5. The highest BCUT2D eigenvalue weighted by Gasteiger charge is 2.01. The molecule has 24 heavy (non-hydrogen) atoms. The Kier molecular flexibility index (Phi) is 6.95. The average Bonchev–Trinajstić information content (AvgIpc) is 2.64. The van der Waals surface area contributed by atoms with Crippen LogP contribution in [-0.4, -0.2) is 26.7 Å². The molecule has 5 nitrogen and oxygen atoms in total. The molecule has 0 fully saturated rings. The van der Waals surface area contributed by atoms with E-state index < -0.39 is 0 Å². The van der Waals surface area contributed by atoms with Crippen molar-refractivity contribution in [1.82, 2.24) is 10.6 Å². The number of guanidine groups is 1. The van der Waals surface area contributed by atoms with Gasteiger partial charge in [-0.2, -0.15) is 0 Å². The van der Waals surface area contributed by atoms with E-state index >= 15 is 0 Å². The summed E-state index contributed by atoms with van der Waals surface area (Å²) in [5.74, 6) is 2.48. The van der Waals surface area contributed by atoms with Gasteiger partial charge in [0.15, 0.2) is 5.96 Å². The van der Waals surface area contributed by atoms with Gasteiger partial charge in [-0.1, -0.05) is 24.3 Å². The molecule has 0 aromatic heterocycles. The van der Waals surface area contributed by atoms with Gasteiger partial charge in [-0.15, -0.1) is 0 Å². The van der Waals surface area contributed by atoms with Crippen LogP contribution in [0, 0.1) is 0 Å². The number of nitrogens with zero attached hydrogens (tertiary/aromatic N) is 1. The van der Waals surface area contributed by atoms with Crippen LogP contribution in [0.4, 0.5) is 0 Å². The van der Waals surface area contributed by atoms with E-state index in [1.807, 2.05) is 49.4 Å². The molecule has 2 N–H and O–H groups in total. The zero-order valence-electron chi connectivity index (χ0n) is 14.5. The minimum absolute atomic E-state index is 0.588. The predicted octanol–water partition coefficient (Wildman–Crippen LogP) is 2.96. The molecular weight excluding hydrogens is 302 g/mol. The van der Waals surface area contributed by atoms with Gasteiger partial charge in [0.05, 0.1) is 20.8 Å². The summed E-state index contributed by atoms with van der Waals surface area (Å²) in [6.07, 6.45) is 0. The number of ether oxygens (including phenoxy) is 2. The summed E-state index contributed by atoms with van der Waals surface area (Å²) >= 11 is 0. The van der Waals surface area contributed by atoms with Gasteiger partial charge in [-0.25, -0.2) is 4.99 Å². The van der Waals surface area contributed by atoms with Gasteiger partial charge in [0.1, 0.15) is 11.5 Å². The highest BCUT2D eigenvalue weighted by atomic mass is 16.5. The monoisotopic (exact) mass is 327 g/mol. The number of hydrogen-bond acceptors (Lipinski definition) is 3. The molecule has 0 spiro atoms. The lowest BCUT2D eigenvalue weighted by molar-refractivity contribution is 0.414. The largest absolute Gasteiger partial charge is 0.497 e. The fraction of sp³-hybridized carbons (Fsp3) is 0.316. The molecule has 0 saturated heterocycles. The van der Waals surface area contributed by atoms with Gasteiger partial charge in [-0.3, -0.25) is 0 Å². The zero-order valence-corrected chi connectivity index (χ0v) is 14.5. The quantitative estimate of drug-likeness (QED) is 0.606. The number of nitrogens with one attached hydrogen (secondary N) is 2. The van der Waals surface area contributed by atoms with Gasteiger partial charge in [-0.05, 0) is 42.3 Å². The van der Waals surface area contributed by atoms with E-state index in [1.54, 1.807) is 14.2 Å². The molecule has 0 radical (unpaired) electrons. The van der Waals surface area contributed by atoms with Crippen molar-refractivity contribution in [3.63, 3.8) is 0 Å². The number of hydrogen-bond donors (Lipinski definition) is 2. The summed E-state index contributed by atoms with van der Waals surface area (Å²) in [6, 6.07) is 15.9. The van der Waals surface area contributed by atoms with Crippen molar-refractivity contribution in [2.75, 3.05) is 20.8 Å². The average molecular weight is 327 g/mol. The second-order valence-corrected chi connectivity index (χ2v) is 5.25. The van der Waals surface area contributed by atoms with E-state index in [-0.39, 0.29) is 0 Å². The number of aliphatic imine (C=N–C) groups is 1. The second-order valence-electron chi connectivity index (χ2n) is 5.25. The SMILES string of the molecule is CCNC(=NCc1cccc(OC)c1)NCc1cccc(OC)c1. The molecular formula is C19H25N3O2. The van der Waals surface area contributed by atoms with Crippen LogP contribution >= 0.6 is 0 Å². The predicted molar refractivity (Wildman–Crippen MR) is 97.6 cm³/mol. The van der Waals surface area contributed by atoms with Crippen LogP contribution < -0.4 is 20.1 Å². The van der Waals surface area contributed by atoms with Crippen LogP contribution in [0.1, 0.15) is 18.1 Å². The van der Waals surface area contributed by atoms with Crippen molar-refractivity contribution >= 4 is 5.96 Å². The van der Waals surface area contributed by atoms with Crippen LogP contribution in [0.5, 0.6) is 11.5 Å². The van der Waals surface area contributed by atoms with E-state index in [0.29, 0.717) is 13.1 Å². The molecule has 5 heteroatoms. The van der Waals surface area contributed by atoms with E-state index in [2.05, 4.69) is 21.7 Å². The number of rotatable bonds is 7. The van der Waals surface area contributed by atoms with Crippen molar-refractivity contribution in [3.8, 4) is 11.5 Å². The molecule has 0 aliphatic rings. The van der Waals surface area contributed by atoms with Gasteiger partial charge >= 0.3 is 0 Å². The summed E-state index contributed by atoms with van der Waals surface area (Å²) in [5, 5.41) is 6.60. The van der Waals surface area contributed by atoms with Gasteiger partial charge in [0.2, 0.25) is 0 Å². The Morgan fingerprint density at radius 2 is 1.54 bits per heavy atom. The third-order valence-electron chi connectivity index (χ3n) is 3.49. The maximum atomic E-state index is 5.25. The maximum Gasteiger partial charge on any atom is 0.191 e. The minimum Gasteiger partial charge on any atom is -0.497 e. The lowest BCUT2D eigenvalue weighted by Gasteiger charge is -2.12. The molecule has 0 aliphatic heterocycles. The van der Waals surface area contributed by atoms with Gasteiger partial charge in [0, 0.05) is 13.1 Å². The van der Waals surface area contributed by atoms with Gasteiger partial charge in [0.25, 0.3) is 0 Å². The van der Waals surface area contributed by atoms with Gasteiger partial charge < -0.3 is 20.1 Å². The first-order valence-corrected chi connectivity index (χ1v) is 8.03. The highest BCUT2D eigenvalue weighted by Crippen LogP contribution is 2.13. The fourth-order valence-corrected chi connectivity index (χ4v) is 2.25. The lowest BCUT2D eigenvalue weighted by atomic mass is 10.2. The molecule has 2 aromatic rings. The van der Waals surface area contributed by atoms with Crippen LogP contribution in [-0.2, 0) is 13.1 Å². The third kappa shape index (κ3) is 5.50. The topological polar surface area (TPSA) is 54.9 Å². The fourth-order valence-electron chi connectivity index (χ4n) is 2.25. The Hall–Kier alpha value is -2.69. The Bertz CT molecular complexity index is 671. The van der Waals surface area contributed by atoms with Crippen molar-refractivity contribution in [2.45, 2.75) is 20.0 Å². The van der Waals surface area contributed by atoms with Crippen LogP contribution in [0.2, 0.25) is 0 Å².